The Labute approximate surface area is 245 Å². The maximum atomic E-state index is 13.7. The molecule has 41 heavy (non-hydrogen) atoms. The maximum Gasteiger partial charge on any atom is 0.322 e. The van der Waals surface area contributed by atoms with Gasteiger partial charge in [0.05, 0.1) is 4.90 Å². The highest BCUT2D eigenvalue weighted by molar-refractivity contribution is 7.90. The van der Waals surface area contributed by atoms with Crippen molar-refractivity contribution in [3.8, 4) is 11.1 Å². The number of aryl methyl sites for hydroxylation is 2. The van der Waals surface area contributed by atoms with Crippen molar-refractivity contribution in [1.29, 1.82) is 0 Å². The zero-order valence-corrected chi connectivity index (χ0v) is 24.6. The molecule has 0 bridgehead atoms. The summed E-state index contributed by atoms with van der Waals surface area (Å²) < 4.78 is 29.8. The van der Waals surface area contributed by atoms with Gasteiger partial charge < -0.3 is 9.64 Å². The van der Waals surface area contributed by atoms with Gasteiger partial charge in [0.1, 0.15) is 5.92 Å². The van der Waals surface area contributed by atoms with Crippen molar-refractivity contribution in [3.05, 3.63) is 88.4 Å². The molecule has 2 aliphatic heterocycles. The molecule has 2 heterocycles. The number of Topliss-reactive ketones (excluding diaryl/α,β-unsaturated/α-hetero) is 1. The fourth-order valence-electron chi connectivity index (χ4n) is 5.78. The smallest absolute Gasteiger partial charge is 0.322 e. The number of amides is 1. The molecule has 0 N–H and O–H groups in total. The highest BCUT2D eigenvalue weighted by Gasteiger charge is 2.57. The van der Waals surface area contributed by atoms with Gasteiger partial charge >= 0.3 is 5.97 Å². The zero-order chi connectivity index (χ0) is 29.4. The number of hydrogen-bond donors (Lipinski definition) is 0. The predicted octanol–water partition coefficient (Wildman–Crippen LogP) is 5.31. The lowest BCUT2D eigenvalue weighted by Gasteiger charge is -2.37. The Morgan fingerprint density at radius 2 is 1.73 bits per heavy atom. The van der Waals surface area contributed by atoms with Crippen LogP contribution in [0.1, 0.15) is 48.3 Å². The lowest BCUT2D eigenvalue weighted by molar-refractivity contribution is -0.158. The van der Waals surface area contributed by atoms with Gasteiger partial charge in [0, 0.05) is 49.2 Å². The van der Waals surface area contributed by atoms with E-state index in [1.54, 1.807) is 42.2 Å². The lowest BCUT2D eigenvalue weighted by atomic mass is 9.80. The van der Waals surface area contributed by atoms with Gasteiger partial charge in [0.2, 0.25) is 5.91 Å². The molecule has 2 saturated heterocycles. The zero-order valence-electron chi connectivity index (χ0n) is 23.1. The number of piperidine rings is 1. The number of ether oxygens (including phenoxy) is 1. The molecule has 5 rings (SSSR count). The third-order valence-corrected chi connectivity index (χ3v) is 9.53. The van der Waals surface area contributed by atoms with E-state index in [0.717, 1.165) is 19.1 Å². The van der Waals surface area contributed by atoms with Gasteiger partial charge in [0.15, 0.2) is 21.2 Å². The summed E-state index contributed by atoms with van der Waals surface area (Å²) in [5, 5.41) is 0.300. The summed E-state index contributed by atoms with van der Waals surface area (Å²) in [6, 6.07) is 19.9. The number of halogens is 1. The standard InChI is InChI=1S/C32H32ClNO6S/c1-21-18-26(23-11-7-12-24(19-23)41(2,38)39)27(33)20-25(21)29-30(36)32(40-31(29)37)14-16-34(17-15-32)28(35)13-6-10-22-8-4-3-5-9-22/h3-5,7-9,11-12,18-20,29H,6,10,13-17H2,1-2H3. The van der Waals surface area contributed by atoms with E-state index < -0.39 is 27.3 Å². The fourth-order valence-corrected chi connectivity index (χ4v) is 6.72. The molecule has 0 radical (unpaired) electrons. The molecule has 2 fully saturated rings. The number of carbonyl (C=O) groups excluding carboxylic acids is 3. The van der Waals surface area contributed by atoms with Crippen LogP contribution in [-0.4, -0.2) is 55.9 Å². The largest absolute Gasteiger partial charge is 0.450 e. The first kappa shape index (κ1) is 29.0. The van der Waals surface area contributed by atoms with Crippen LogP contribution in [0, 0.1) is 6.92 Å². The molecule has 2 aliphatic rings. The van der Waals surface area contributed by atoms with Crippen molar-refractivity contribution in [2.45, 2.75) is 55.4 Å². The Hall–Kier alpha value is -3.49. The van der Waals surface area contributed by atoms with Crippen molar-refractivity contribution < 1.29 is 27.5 Å². The van der Waals surface area contributed by atoms with Gasteiger partial charge in [0.25, 0.3) is 0 Å². The summed E-state index contributed by atoms with van der Waals surface area (Å²) in [6.07, 6.45) is 3.67. The van der Waals surface area contributed by atoms with E-state index in [0.29, 0.717) is 46.8 Å². The van der Waals surface area contributed by atoms with Crippen molar-refractivity contribution in [2.75, 3.05) is 19.3 Å². The average Bonchev–Trinajstić information content (AvgIpc) is 3.18. The molecule has 7 nitrogen and oxygen atoms in total. The summed E-state index contributed by atoms with van der Waals surface area (Å²) in [7, 11) is -3.41. The van der Waals surface area contributed by atoms with E-state index in [-0.39, 0.29) is 29.4 Å². The minimum Gasteiger partial charge on any atom is -0.450 e. The van der Waals surface area contributed by atoms with Crippen molar-refractivity contribution >= 4 is 39.1 Å². The van der Waals surface area contributed by atoms with Gasteiger partial charge in [-0.25, -0.2) is 8.42 Å². The first-order valence-corrected chi connectivity index (χ1v) is 15.9. The maximum absolute atomic E-state index is 13.7. The average molecular weight is 594 g/mol. The Bertz CT molecular complexity index is 1610. The minimum absolute atomic E-state index is 0.0438. The molecule has 9 heteroatoms. The van der Waals surface area contributed by atoms with Crippen LogP contribution >= 0.6 is 11.6 Å². The molecule has 1 amide bonds. The molecule has 0 aliphatic carbocycles. The van der Waals surface area contributed by atoms with Crippen LogP contribution in [0.5, 0.6) is 0 Å². The van der Waals surface area contributed by atoms with Crippen LogP contribution in [0.2, 0.25) is 5.02 Å². The number of carbonyl (C=O) groups is 3. The van der Waals surface area contributed by atoms with Crippen LogP contribution in [0.4, 0.5) is 0 Å². The third-order valence-electron chi connectivity index (χ3n) is 8.11. The van der Waals surface area contributed by atoms with E-state index in [4.69, 9.17) is 16.3 Å². The molecule has 3 aromatic carbocycles. The highest BCUT2D eigenvalue weighted by Crippen LogP contribution is 2.43. The quantitative estimate of drug-likeness (QED) is 0.272. The topological polar surface area (TPSA) is 97.8 Å². The Morgan fingerprint density at radius 3 is 2.41 bits per heavy atom. The molecular weight excluding hydrogens is 562 g/mol. The second-order valence-electron chi connectivity index (χ2n) is 10.9. The van der Waals surface area contributed by atoms with Gasteiger partial charge in [-0.2, -0.15) is 0 Å². The second-order valence-corrected chi connectivity index (χ2v) is 13.3. The normalized spacial score (nSPS) is 18.5. The molecule has 1 unspecified atom stereocenters. The Kier molecular flexibility index (Phi) is 8.08. The molecule has 3 aromatic rings. The van der Waals surface area contributed by atoms with Gasteiger partial charge in [-0.05, 0) is 66.3 Å². The summed E-state index contributed by atoms with van der Waals surface area (Å²) in [6.45, 7) is 2.49. The van der Waals surface area contributed by atoms with Crippen molar-refractivity contribution in [3.63, 3.8) is 0 Å². The number of benzene rings is 3. The third kappa shape index (κ3) is 5.95. The van der Waals surface area contributed by atoms with Gasteiger partial charge in [-0.3, -0.25) is 14.4 Å². The number of sulfone groups is 1. The summed E-state index contributed by atoms with van der Waals surface area (Å²) in [5.74, 6) is -1.97. The number of hydrogen-bond acceptors (Lipinski definition) is 6. The number of likely N-dealkylation sites (tertiary alicyclic amines) is 1. The first-order valence-electron chi connectivity index (χ1n) is 13.7. The van der Waals surface area contributed by atoms with E-state index in [1.807, 2.05) is 30.3 Å². The molecule has 1 atom stereocenters. The van der Waals surface area contributed by atoms with Crippen molar-refractivity contribution in [1.82, 2.24) is 4.90 Å². The highest BCUT2D eigenvalue weighted by atomic mass is 35.5. The van der Waals surface area contributed by atoms with E-state index >= 15 is 0 Å². The predicted molar refractivity (Wildman–Crippen MR) is 156 cm³/mol. The summed E-state index contributed by atoms with van der Waals surface area (Å²) in [5.41, 5.74) is 2.32. The van der Waals surface area contributed by atoms with Gasteiger partial charge in [-0.1, -0.05) is 54.1 Å². The summed E-state index contributed by atoms with van der Waals surface area (Å²) >= 11 is 6.63. The number of nitrogens with zero attached hydrogens (tertiary/aromatic N) is 1. The van der Waals surface area contributed by atoms with Crippen LogP contribution in [0.25, 0.3) is 11.1 Å². The van der Waals surface area contributed by atoms with Crippen LogP contribution in [-0.2, 0) is 35.4 Å². The van der Waals surface area contributed by atoms with Crippen LogP contribution < -0.4 is 0 Å². The molecule has 0 aromatic heterocycles. The van der Waals surface area contributed by atoms with Gasteiger partial charge in [-0.15, -0.1) is 0 Å². The molecule has 1 spiro atoms. The minimum atomic E-state index is -3.41. The second kappa shape index (κ2) is 11.4. The first-order chi connectivity index (χ1) is 19.5. The van der Waals surface area contributed by atoms with Crippen LogP contribution in [0.15, 0.2) is 71.6 Å². The van der Waals surface area contributed by atoms with E-state index in [9.17, 15) is 22.8 Å². The monoisotopic (exact) mass is 593 g/mol. The molecular formula is C32H32ClNO6S. The number of ketones is 1. The SMILES string of the molecule is Cc1cc(-c2cccc(S(C)(=O)=O)c2)c(Cl)cc1C1C(=O)OC2(CCN(C(=O)CCCc3ccccc3)CC2)C1=O. The van der Waals surface area contributed by atoms with Crippen molar-refractivity contribution in [2.24, 2.45) is 0 Å². The number of rotatable bonds is 7. The Morgan fingerprint density at radius 1 is 1.02 bits per heavy atom. The molecule has 0 saturated carbocycles. The summed E-state index contributed by atoms with van der Waals surface area (Å²) in [4.78, 5) is 41.5. The number of esters is 1. The molecule has 214 valence electrons. The lowest BCUT2D eigenvalue weighted by Crippen LogP contribution is -2.50. The van der Waals surface area contributed by atoms with E-state index in [1.165, 1.54) is 11.6 Å². The fraction of sp³-hybridized carbons (Fsp3) is 0.344. The van der Waals surface area contributed by atoms with Crippen LogP contribution in [0.3, 0.4) is 0 Å². The Balaban J connectivity index is 1.28. The van der Waals surface area contributed by atoms with E-state index in [2.05, 4.69) is 0 Å².